The lowest BCUT2D eigenvalue weighted by Gasteiger charge is -2.31. The van der Waals surface area contributed by atoms with Gasteiger partial charge >= 0.3 is 0 Å². The molecule has 0 radical (unpaired) electrons. The molecule has 0 aromatic rings. The number of halogens is 2. The smallest absolute Gasteiger partial charge is 0.248 e. The zero-order valence-electron chi connectivity index (χ0n) is 15.9. The molecule has 2 aliphatic rings. The van der Waals surface area contributed by atoms with E-state index in [-0.39, 0.29) is 12.8 Å². The Morgan fingerprint density at radius 2 is 1.92 bits per heavy atom. The molecule has 3 heteroatoms. The SMILES string of the molecule is C=C(C)/C(C(=C)/C=C1\CC=CN1CC1CCC(F)(F)CC1)=C(/C)CC. The van der Waals surface area contributed by atoms with E-state index < -0.39 is 5.92 Å². The maximum Gasteiger partial charge on any atom is 0.248 e. The molecule has 0 bridgehead atoms. The molecule has 0 N–H and O–H groups in total. The van der Waals surface area contributed by atoms with E-state index in [1.54, 1.807) is 0 Å². The Kier molecular flexibility index (Phi) is 6.42. The van der Waals surface area contributed by atoms with Gasteiger partial charge in [-0.2, -0.15) is 0 Å². The summed E-state index contributed by atoms with van der Waals surface area (Å²) in [6, 6.07) is 0. The van der Waals surface area contributed by atoms with Crippen molar-refractivity contribution >= 4 is 0 Å². The van der Waals surface area contributed by atoms with Crippen LogP contribution in [0.4, 0.5) is 8.78 Å². The van der Waals surface area contributed by atoms with Crippen LogP contribution in [0, 0.1) is 5.92 Å². The molecule has 1 aliphatic carbocycles. The zero-order valence-corrected chi connectivity index (χ0v) is 15.9. The lowest BCUT2D eigenvalue weighted by molar-refractivity contribution is -0.0471. The van der Waals surface area contributed by atoms with Gasteiger partial charge in [0.2, 0.25) is 5.92 Å². The van der Waals surface area contributed by atoms with Crippen LogP contribution in [0.25, 0.3) is 0 Å². The Labute approximate surface area is 151 Å². The van der Waals surface area contributed by atoms with E-state index in [2.05, 4.69) is 50.3 Å². The van der Waals surface area contributed by atoms with Gasteiger partial charge < -0.3 is 4.90 Å². The van der Waals surface area contributed by atoms with Gasteiger partial charge in [-0.1, -0.05) is 37.3 Å². The summed E-state index contributed by atoms with van der Waals surface area (Å²) in [7, 11) is 0. The van der Waals surface area contributed by atoms with Gasteiger partial charge in [-0.05, 0) is 56.3 Å². The third-order valence-corrected chi connectivity index (χ3v) is 5.32. The predicted octanol–water partition coefficient (Wildman–Crippen LogP) is 6.77. The molecule has 0 atom stereocenters. The van der Waals surface area contributed by atoms with E-state index >= 15 is 0 Å². The van der Waals surface area contributed by atoms with Crippen molar-refractivity contribution < 1.29 is 8.78 Å². The summed E-state index contributed by atoms with van der Waals surface area (Å²) in [5.41, 5.74) is 5.67. The van der Waals surface area contributed by atoms with Crippen molar-refractivity contribution in [2.24, 2.45) is 5.92 Å². The normalized spacial score (nSPS) is 23.1. The first-order valence-corrected chi connectivity index (χ1v) is 9.30. The monoisotopic (exact) mass is 347 g/mol. The van der Waals surface area contributed by atoms with Gasteiger partial charge in [0.05, 0.1) is 0 Å². The maximum absolute atomic E-state index is 13.3. The first-order chi connectivity index (χ1) is 11.7. The molecule has 0 saturated heterocycles. The fraction of sp³-hybridized carbons (Fsp3) is 0.545. The Balaban J connectivity index is 2.07. The Bertz CT molecular complexity index is 612. The molecule has 2 rings (SSSR count). The van der Waals surface area contributed by atoms with E-state index in [1.807, 2.05) is 6.92 Å². The molecule has 0 aromatic carbocycles. The van der Waals surface area contributed by atoms with E-state index in [0.717, 1.165) is 36.1 Å². The molecule has 138 valence electrons. The number of nitrogens with zero attached hydrogens (tertiary/aromatic N) is 1. The van der Waals surface area contributed by atoms with Crippen molar-refractivity contribution in [1.29, 1.82) is 0 Å². The molecule has 0 aromatic heterocycles. The summed E-state index contributed by atoms with van der Waals surface area (Å²) >= 11 is 0. The molecule has 0 spiro atoms. The number of hydrogen-bond donors (Lipinski definition) is 0. The second kappa shape index (κ2) is 8.16. The largest absolute Gasteiger partial charge is 0.351 e. The highest BCUT2D eigenvalue weighted by Gasteiger charge is 2.35. The highest BCUT2D eigenvalue weighted by atomic mass is 19.3. The number of allylic oxidation sites excluding steroid dienone is 6. The van der Waals surface area contributed by atoms with Crippen LogP contribution in [0.15, 0.2) is 59.5 Å². The predicted molar refractivity (Wildman–Crippen MR) is 102 cm³/mol. The maximum atomic E-state index is 13.3. The van der Waals surface area contributed by atoms with Crippen LogP contribution in [-0.2, 0) is 0 Å². The number of alkyl halides is 2. The van der Waals surface area contributed by atoms with E-state index in [4.69, 9.17) is 0 Å². The standard InChI is InChI=1S/C22H31F2N/c1-6-17(4)21(16(2)3)18(5)14-20-8-7-13-25(20)15-19-9-11-22(23,24)12-10-19/h7,13-14,19H,2,5-6,8-12,15H2,1,3-4H3/b20-14+,21-17+. The van der Waals surface area contributed by atoms with Crippen LogP contribution in [-0.4, -0.2) is 17.4 Å². The highest BCUT2D eigenvalue weighted by molar-refractivity contribution is 5.52. The fourth-order valence-corrected chi connectivity index (χ4v) is 3.76. The van der Waals surface area contributed by atoms with Gasteiger partial charge in [-0.3, -0.25) is 0 Å². The number of rotatable bonds is 6. The summed E-state index contributed by atoms with van der Waals surface area (Å²) in [4.78, 5) is 2.22. The average Bonchev–Trinajstić information content (AvgIpc) is 2.95. The first kappa shape index (κ1) is 19.7. The van der Waals surface area contributed by atoms with Crippen LogP contribution < -0.4 is 0 Å². The fourth-order valence-electron chi connectivity index (χ4n) is 3.76. The number of hydrogen-bond acceptors (Lipinski definition) is 1. The second-order valence-electron chi connectivity index (χ2n) is 7.49. The summed E-state index contributed by atoms with van der Waals surface area (Å²) in [6.45, 7) is 15.5. The van der Waals surface area contributed by atoms with Crippen LogP contribution in [0.3, 0.4) is 0 Å². The minimum absolute atomic E-state index is 0.0270. The Morgan fingerprint density at radius 3 is 2.48 bits per heavy atom. The van der Waals surface area contributed by atoms with Crippen LogP contribution >= 0.6 is 0 Å². The molecule has 25 heavy (non-hydrogen) atoms. The molecule has 0 amide bonds. The molecule has 1 aliphatic heterocycles. The molecule has 1 saturated carbocycles. The van der Waals surface area contributed by atoms with Gasteiger partial charge in [0.1, 0.15) is 0 Å². The zero-order chi connectivity index (χ0) is 18.6. The lowest BCUT2D eigenvalue weighted by Crippen LogP contribution is -2.30. The van der Waals surface area contributed by atoms with Crippen molar-refractivity contribution in [2.45, 2.75) is 65.2 Å². The summed E-state index contributed by atoms with van der Waals surface area (Å²) in [5.74, 6) is -2.11. The van der Waals surface area contributed by atoms with E-state index in [0.29, 0.717) is 18.8 Å². The third kappa shape index (κ3) is 5.17. The van der Waals surface area contributed by atoms with E-state index in [1.165, 1.54) is 11.3 Å². The minimum Gasteiger partial charge on any atom is -0.351 e. The molecule has 1 heterocycles. The summed E-state index contributed by atoms with van der Waals surface area (Å²) < 4.78 is 26.7. The summed E-state index contributed by atoms with van der Waals surface area (Å²) in [5, 5.41) is 0. The Hall–Kier alpha value is -1.64. The van der Waals surface area contributed by atoms with Crippen molar-refractivity contribution in [2.75, 3.05) is 6.54 Å². The van der Waals surface area contributed by atoms with Gasteiger partial charge in [0.25, 0.3) is 0 Å². The molecule has 1 nitrogen and oxygen atoms in total. The van der Waals surface area contributed by atoms with Gasteiger partial charge in [0, 0.05) is 37.7 Å². The van der Waals surface area contributed by atoms with Crippen LogP contribution in [0.2, 0.25) is 0 Å². The van der Waals surface area contributed by atoms with Crippen molar-refractivity contribution in [1.82, 2.24) is 4.90 Å². The van der Waals surface area contributed by atoms with Crippen LogP contribution in [0.1, 0.15) is 59.3 Å². The first-order valence-electron chi connectivity index (χ1n) is 9.30. The molecule has 1 fully saturated rings. The van der Waals surface area contributed by atoms with E-state index in [9.17, 15) is 8.78 Å². The summed E-state index contributed by atoms with van der Waals surface area (Å²) in [6.07, 6.45) is 9.48. The van der Waals surface area contributed by atoms with Gasteiger partial charge in [-0.15, -0.1) is 0 Å². The lowest BCUT2D eigenvalue weighted by atomic mass is 9.86. The second-order valence-corrected chi connectivity index (χ2v) is 7.49. The third-order valence-electron chi connectivity index (χ3n) is 5.32. The average molecular weight is 347 g/mol. The van der Waals surface area contributed by atoms with Gasteiger partial charge in [0.15, 0.2) is 0 Å². The Morgan fingerprint density at radius 1 is 1.28 bits per heavy atom. The van der Waals surface area contributed by atoms with Crippen LogP contribution in [0.5, 0.6) is 0 Å². The molecular formula is C22H31F2N. The van der Waals surface area contributed by atoms with Crippen molar-refractivity contribution in [3.8, 4) is 0 Å². The topological polar surface area (TPSA) is 3.24 Å². The van der Waals surface area contributed by atoms with Gasteiger partial charge in [-0.25, -0.2) is 8.78 Å². The quantitative estimate of drug-likeness (QED) is 0.479. The van der Waals surface area contributed by atoms with Crippen molar-refractivity contribution in [3.05, 3.63) is 59.5 Å². The molecule has 0 unspecified atom stereocenters. The minimum atomic E-state index is -2.46. The van der Waals surface area contributed by atoms with Crippen molar-refractivity contribution in [3.63, 3.8) is 0 Å². The molecular weight excluding hydrogens is 316 g/mol. The highest BCUT2D eigenvalue weighted by Crippen LogP contribution is 2.37.